The highest BCUT2D eigenvalue weighted by atomic mass is 35.5. The van der Waals surface area contributed by atoms with Crippen molar-refractivity contribution in [3.63, 3.8) is 0 Å². The minimum atomic E-state index is -0.390. The van der Waals surface area contributed by atoms with Crippen LogP contribution in [0.3, 0.4) is 0 Å². The zero-order chi connectivity index (χ0) is 21.3. The summed E-state index contributed by atoms with van der Waals surface area (Å²) >= 11 is 6.24. The molecule has 0 radical (unpaired) electrons. The van der Waals surface area contributed by atoms with E-state index in [0.717, 1.165) is 48.9 Å². The number of esters is 1. The lowest BCUT2D eigenvalue weighted by Crippen LogP contribution is -2.48. The second-order valence-electron chi connectivity index (χ2n) is 7.05. The second kappa shape index (κ2) is 10.9. The summed E-state index contributed by atoms with van der Waals surface area (Å²) < 4.78 is 4.66. The summed E-state index contributed by atoms with van der Waals surface area (Å²) in [6.45, 7) is 4.52. The third-order valence-electron chi connectivity index (χ3n) is 4.92. The number of nitrogens with one attached hydrogen (secondary N) is 1. The first-order valence-electron chi connectivity index (χ1n) is 9.73. The van der Waals surface area contributed by atoms with Crippen LogP contribution in [0.2, 0.25) is 5.02 Å². The van der Waals surface area contributed by atoms with Crippen LogP contribution in [-0.4, -0.2) is 67.7 Å². The number of rotatable bonds is 7. The summed E-state index contributed by atoms with van der Waals surface area (Å²) in [5, 5.41) is 4.78. The summed E-state index contributed by atoms with van der Waals surface area (Å²) in [5.74, 6) is -0.546. The first kappa shape index (κ1) is 22.0. The van der Waals surface area contributed by atoms with Crippen LogP contribution in [0.4, 0.5) is 0 Å². The molecule has 0 bridgehead atoms. The Bertz CT molecular complexity index is 894. The maximum absolute atomic E-state index is 12.1. The van der Waals surface area contributed by atoms with Gasteiger partial charge in [-0.15, -0.1) is 0 Å². The highest BCUT2D eigenvalue weighted by Crippen LogP contribution is 2.17. The van der Waals surface area contributed by atoms with E-state index < -0.39 is 5.97 Å². The predicted molar refractivity (Wildman–Crippen MR) is 117 cm³/mol. The zero-order valence-corrected chi connectivity index (χ0v) is 17.6. The minimum absolute atomic E-state index is 0.156. The van der Waals surface area contributed by atoms with Crippen LogP contribution < -0.4 is 5.43 Å². The van der Waals surface area contributed by atoms with E-state index in [-0.39, 0.29) is 5.91 Å². The van der Waals surface area contributed by atoms with Crippen LogP contribution in [0, 0.1) is 0 Å². The number of nitrogens with zero attached hydrogens (tertiary/aromatic N) is 3. The Labute approximate surface area is 181 Å². The smallest absolute Gasteiger partial charge is 0.337 e. The number of hydrazone groups is 1. The van der Waals surface area contributed by atoms with Crippen molar-refractivity contribution in [1.29, 1.82) is 0 Å². The van der Waals surface area contributed by atoms with Crippen LogP contribution in [-0.2, 0) is 16.1 Å². The number of amides is 1. The Kier molecular flexibility index (Phi) is 7.96. The number of halogens is 1. The molecule has 1 N–H and O–H groups in total. The van der Waals surface area contributed by atoms with Gasteiger partial charge in [0.05, 0.1) is 25.4 Å². The van der Waals surface area contributed by atoms with E-state index >= 15 is 0 Å². The van der Waals surface area contributed by atoms with Crippen molar-refractivity contribution >= 4 is 29.7 Å². The Hall–Kier alpha value is -2.74. The summed E-state index contributed by atoms with van der Waals surface area (Å²) in [5.41, 5.74) is 4.92. The van der Waals surface area contributed by atoms with E-state index in [1.165, 1.54) is 7.11 Å². The van der Waals surface area contributed by atoms with Crippen molar-refractivity contribution in [1.82, 2.24) is 15.2 Å². The van der Waals surface area contributed by atoms with Gasteiger partial charge in [-0.1, -0.05) is 41.9 Å². The number of hydrogen-bond acceptors (Lipinski definition) is 6. The molecule has 0 aliphatic carbocycles. The maximum atomic E-state index is 12.1. The summed E-state index contributed by atoms with van der Waals surface area (Å²) in [6.07, 6.45) is 1.54. The third-order valence-corrected chi connectivity index (χ3v) is 5.29. The Morgan fingerprint density at radius 3 is 2.40 bits per heavy atom. The molecule has 30 heavy (non-hydrogen) atoms. The molecule has 0 unspecified atom stereocenters. The fourth-order valence-corrected chi connectivity index (χ4v) is 3.41. The van der Waals surface area contributed by atoms with E-state index in [9.17, 15) is 9.59 Å². The molecule has 2 aromatic rings. The third kappa shape index (κ3) is 6.38. The summed E-state index contributed by atoms with van der Waals surface area (Å²) in [6, 6.07) is 14.7. The van der Waals surface area contributed by atoms with Gasteiger partial charge in [-0.2, -0.15) is 5.10 Å². The number of ether oxygens (including phenoxy) is 1. The number of methoxy groups -OCH3 is 1. The van der Waals surface area contributed by atoms with E-state index in [2.05, 4.69) is 25.1 Å². The van der Waals surface area contributed by atoms with Crippen molar-refractivity contribution in [2.24, 2.45) is 5.10 Å². The van der Waals surface area contributed by atoms with Gasteiger partial charge in [-0.05, 0) is 29.3 Å². The lowest BCUT2D eigenvalue weighted by Gasteiger charge is -2.34. The molecule has 158 valence electrons. The van der Waals surface area contributed by atoms with Gasteiger partial charge in [0.15, 0.2) is 0 Å². The van der Waals surface area contributed by atoms with Crippen LogP contribution in [0.1, 0.15) is 21.5 Å². The van der Waals surface area contributed by atoms with Gasteiger partial charge in [0.25, 0.3) is 5.91 Å². The molecule has 0 aromatic heterocycles. The van der Waals surface area contributed by atoms with Crippen molar-refractivity contribution < 1.29 is 14.3 Å². The summed E-state index contributed by atoms with van der Waals surface area (Å²) in [4.78, 5) is 28.0. The van der Waals surface area contributed by atoms with Crippen LogP contribution >= 0.6 is 11.6 Å². The van der Waals surface area contributed by atoms with Gasteiger partial charge in [0.1, 0.15) is 0 Å². The Balaban J connectivity index is 1.39. The Morgan fingerprint density at radius 1 is 1.07 bits per heavy atom. The summed E-state index contributed by atoms with van der Waals surface area (Å²) in [7, 11) is 1.34. The number of piperazine rings is 1. The highest BCUT2D eigenvalue weighted by molar-refractivity contribution is 6.31. The molecule has 0 atom stereocenters. The molecule has 1 heterocycles. The van der Waals surface area contributed by atoms with Crippen molar-refractivity contribution in [2.75, 3.05) is 39.8 Å². The molecule has 1 aliphatic rings. The Morgan fingerprint density at radius 2 is 1.73 bits per heavy atom. The number of carbonyl (C=O) groups is 2. The molecule has 8 heteroatoms. The average Bonchev–Trinajstić information content (AvgIpc) is 2.76. The van der Waals surface area contributed by atoms with Crippen LogP contribution in [0.15, 0.2) is 53.6 Å². The van der Waals surface area contributed by atoms with Crippen molar-refractivity contribution in [2.45, 2.75) is 6.54 Å². The molecule has 3 rings (SSSR count). The van der Waals surface area contributed by atoms with Crippen molar-refractivity contribution in [3.8, 4) is 0 Å². The highest BCUT2D eigenvalue weighted by Gasteiger charge is 2.19. The van der Waals surface area contributed by atoms with Gasteiger partial charge >= 0.3 is 5.97 Å². The molecule has 7 nitrogen and oxygen atoms in total. The average molecular weight is 429 g/mol. The molecule has 0 saturated carbocycles. The lowest BCUT2D eigenvalue weighted by molar-refractivity contribution is -0.122. The molecule has 1 aliphatic heterocycles. The number of carbonyl (C=O) groups excluding carboxylic acids is 2. The maximum Gasteiger partial charge on any atom is 0.337 e. The van der Waals surface area contributed by atoms with E-state index in [0.29, 0.717) is 12.1 Å². The molecule has 1 fully saturated rings. The molecule has 1 amide bonds. The molecular weight excluding hydrogens is 404 g/mol. The van der Waals surface area contributed by atoms with Crippen LogP contribution in [0.25, 0.3) is 0 Å². The standard InChI is InChI=1S/C22H25ClN4O3/c1-30-22(29)18-8-6-17(7-9-18)14-24-25-21(28)16-27-12-10-26(11-13-27)15-19-4-2-3-5-20(19)23/h2-9,14H,10-13,15-16H2,1H3,(H,25,28)/b24-14-. The number of hydrogen-bond donors (Lipinski definition) is 1. The van der Waals surface area contributed by atoms with Gasteiger partial charge in [0, 0.05) is 37.7 Å². The second-order valence-corrected chi connectivity index (χ2v) is 7.46. The number of benzene rings is 2. The van der Waals surface area contributed by atoms with Gasteiger partial charge in [0.2, 0.25) is 0 Å². The van der Waals surface area contributed by atoms with E-state index in [1.54, 1.807) is 30.5 Å². The lowest BCUT2D eigenvalue weighted by atomic mass is 10.1. The zero-order valence-electron chi connectivity index (χ0n) is 16.9. The fraction of sp³-hybridized carbons (Fsp3) is 0.318. The molecule has 2 aromatic carbocycles. The van der Waals surface area contributed by atoms with Gasteiger partial charge in [-0.3, -0.25) is 14.6 Å². The van der Waals surface area contributed by atoms with E-state index in [4.69, 9.17) is 11.6 Å². The van der Waals surface area contributed by atoms with Gasteiger partial charge in [-0.25, -0.2) is 10.2 Å². The first-order valence-corrected chi connectivity index (χ1v) is 10.1. The largest absolute Gasteiger partial charge is 0.465 e. The quantitative estimate of drug-likeness (QED) is 0.416. The molecule has 1 saturated heterocycles. The monoisotopic (exact) mass is 428 g/mol. The predicted octanol–water partition coefficient (Wildman–Crippen LogP) is 2.39. The normalized spacial score (nSPS) is 15.3. The minimum Gasteiger partial charge on any atom is -0.465 e. The first-order chi connectivity index (χ1) is 14.5. The topological polar surface area (TPSA) is 74.2 Å². The van der Waals surface area contributed by atoms with Crippen molar-refractivity contribution in [3.05, 3.63) is 70.2 Å². The SMILES string of the molecule is COC(=O)c1ccc(/C=N\NC(=O)CN2CCN(Cc3ccccc3Cl)CC2)cc1. The molecule has 0 spiro atoms. The van der Waals surface area contributed by atoms with Gasteiger partial charge < -0.3 is 4.74 Å². The van der Waals surface area contributed by atoms with E-state index in [1.807, 2.05) is 24.3 Å². The fourth-order valence-electron chi connectivity index (χ4n) is 3.21. The molecular formula is C22H25ClN4O3. The van der Waals surface area contributed by atoms with Crippen LogP contribution in [0.5, 0.6) is 0 Å².